The van der Waals surface area contributed by atoms with Crippen LogP contribution in [0.1, 0.15) is 26.7 Å². The molecule has 1 aromatic carbocycles. The Balaban J connectivity index is 1.92. The van der Waals surface area contributed by atoms with Gasteiger partial charge in [0.2, 0.25) is 5.91 Å². The molecule has 0 aliphatic carbocycles. The SMILES string of the molecule is CCC(N)CC(=O)N(CC)CC1COc2ccccc2O1. The molecule has 116 valence electrons. The number of ether oxygens (including phenoxy) is 2. The highest BCUT2D eigenvalue weighted by molar-refractivity contribution is 5.76. The first-order valence-electron chi connectivity index (χ1n) is 7.55. The summed E-state index contributed by atoms with van der Waals surface area (Å²) in [6, 6.07) is 7.52. The fourth-order valence-electron chi connectivity index (χ4n) is 2.30. The zero-order valence-corrected chi connectivity index (χ0v) is 12.7. The molecule has 1 aliphatic heterocycles. The lowest BCUT2D eigenvalue weighted by Crippen LogP contribution is -2.44. The lowest BCUT2D eigenvalue weighted by atomic mass is 10.1. The molecule has 21 heavy (non-hydrogen) atoms. The second-order valence-corrected chi connectivity index (χ2v) is 5.30. The summed E-state index contributed by atoms with van der Waals surface area (Å²) in [4.78, 5) is 14.0. The molecule has 0 saturated carbocycles. The van der Waals surface area contributed by atoms with Crippen molar-refractivity contribution < 1.29 is 14.3 Å². The molecule has 0 fully saturated rings. The van der Waals surface area contributed by atoms with E-state index >= 15 is 0 Å². The van der Waals surface area contributed by atoms with E-state index in [1.165, 1.54) is 0 Å². The highest BCUT2D eigenvalue weighted by Gasteiger charge is 2.25. The van der Waals surface area contributed by atoms with Gasteiger partial charge in [-0.15, -0.1) is 0 Å². The smallest absolute Gasteiger partial charge is 0.224 e. The maximum Gasteiger partial charge on any atom is 0.224 e. The minimum Gasteiger partial charge on any atom is -0.486 e. The lowest BCUT2D eigenvalue weighted by Gasteiger charge is -2.31. The van der Waals surface area contributed by atoms with Crippen molar-refractivity contribution in [2.45, 2.75) is 38.8 Å². The van der Waals surface area contributed by atoms with E-state index in [2.05, 4.69) is 0 Å². The number of para-hydroxylation sites is 2. The van der Waals surface area contributed by atoms with Gasteiger partial charge in [0.25, 0.3) is 0 Å². The van der Waals surface area contributed by atoms with Crippen molar-refractivity contribution in [3.8, 4) is 11.5 Å². The molecule has 0 bridgehead atoms. The fraction of sp³-hybridized carbons (Fsp3) is 0.562. The molecule has 0 aromatic heterocycles. The maximum atomic E-state index is 12.2. The lowest BCUT2D eigenvalue weighted by molar-refractivity contribution is -0.132. The molecular formula is C16H24N2O3. The molecule has 1 amide bonds. The first-order valence-corrected chi connectivity index (χ1v) is 7.55. The van der Waals surface area contributed by atoms with Crippen LogP contribution < -0.4 is 15.2 Å². The number of nitrogens with zero attached hydrogens (tertiary/aromatic N) is 1. The van der Waals surface area contributed by atoms with Gasteiger partial charge in [-0.25, -0.2) is 0 Å². The third kappa shape index (κ3) is 4.11. The monoisotopic (exact) mass is 292 g/mol. The highest BCUT2D eigenvalue weighted by Crippen LogP contribution is 2.31. The number of carbonyl (C=O) groups excluding carboxylic acids is 1. The number of rotatable bonds is 6. The van der Waals surface area contributed by atoms with Crippen molar-refractivity contribution in [2.24, 2.45) is 5.73 Å². The minimum atomic E-state index is -0.137. The second-order valence-electron chi connectivity index (χ2n) is 5.30. The standard InChI is InChI=1S/C16H24N2O3/c1-3-12(17)9-16(19)18(4-2)10-13-11-20-14-7-5-6-8-15(14)21-13/h5-8,12-13H,3-4,9-11,17H2,1-2H3. The van der Waals surface area contributed by atoms with Crippen LogP contribution in [0.5, 0.6) is 11.5 Å². The molecule has 2 rings (SSSR count). The van der Waals surface area contributed by atoms with E-state index in [0.29, 0.717) is 26.1 Å². The number of carbonyl (C=O) groups is 1. The van der Waals surface area contributed by atoms with Gasteiger partial charge in [-0.05, 0) is 25.5 Å². The molecule has 2 atom stereocenters. The van der Waals surface area contributed by atoms with Gasteiger partial charge in [-0.1, -0.05) is 19.1 Å². The number of fused-ring (bicyclic) bond motifs is 1. The summed E-state index contributed by atoms with van der Waals surface area (Å²) in [5, 5.41) is 0. The van der Waals surface area contributed by atoms with Crippen LogP contribution in [0, 0.1) is 0 Å². The molecule has 0 saturated heterocycles. The highest BCUT2D eigenvalue weighted by atomic mass is 16.6. The predicted octanol–water partition coefficient (Wildman–Crippen LogP) is 1.80. The fourth-order valence-corrected chi connectivity index (χ4v) is 2.30. The Morgan fingerprint density at radius 3 is 2.76 bits per heavy atom. The van der Waals surface area contributed by atoms with E-state index in [1.807, 2.05) is 38.1 Å². The molecule has 2 unspecified atom stereocenters. The van der Waals surface area contributed by atoms with Gasteiger partial charge in [-0.2, -0.15) is 0 Å². The van der Waals surface area contributed by atoms with Gasteiger partial charge in [0, 0.05) is 19.0 Å². The van der Waals surface area contributed by atoms with Crippen LogP contribution in [-0.4, -0.2) is 42.6 Å². The van der Waals surface area contributed by atoms with Gasteiger partial charge in [0.05, 0.1) is 6.54 Å². The molecule has 5 nitrogen and oxygen atoms in total. The average molecular weight is 292 g/mol. The summed E-state index contributed by atoms with van der Waals surface area (Å²) in [5.74, 6) is 1.58. The normalized spacial score (nSPS) is 18.1. The van der Waals surface area contributed by atoms with E-state index in [9.17, 15) is 4.79 Å². The summed E-state index contributed by atoms with van der Waals surface area (Å²) in [6.45, 7) is 5.59. The number of nitrogens with two attached hydrogens (primary N) is 1. The Morgan fingerprint density at radius 1 is 1.38 bits per heavy atom. The van der Waals surface area contributed by atoms with Crippen molar-refractivity contribution in [3.05, 3.63) is 24.3 Å². The Hall–Kier alpha value is -1.75. The summed E-state index contributed by atoms with van der Waals surface area (Å²) < 4.78 is 11.6. The van der Waals surface area contributed by atoms with Crippen molar-refractivity contribution in [2.75, 3.05) is 19.7 Å². The topological polar surface area (TPSA) is 64.8 Å². The number of likely N-dealkylation sites (N-methyl/N-ethyl adjacent to an activating group) is 1. The number of hydrogen-bond acceptors (Lipinski definition) is 4. The van der Waals surface area contributed by atoms with E-state index < -0.39 is 0 Å². The zero-order chi connectivity index (χ0) is 15.2. The molecular weight excluding hydrogens is 268 g/mol. The van der Waals surface area contributed by atoms with Gasteiger partial charge in [0.1, 0.15) is 6.61 Å². The van der Waals surface area contributed by atoms with Gasteiger partial charge >= 0.3 is 0 Å². The summed E-state index contributed by atoms with van der Waals surface area (Å²) >= 11 is 0. The van der Waals surface area contributed by atoms with Crippen LogP contribution in [0.3, 0.4) is 0 Å². The Morgan fingerprint density at radius 2 is 2.10 bits per heavy atom. The van der Waals surface area contributed by atoms with E-state index in [-0.39, 0.29) is 18.1 Å². The molecule has 5 heteroatoms. The van der Waals surface area contributed by atoms with Crippen molar-refractivity contribution >= 4 is 5.91 Å². The van der Waals surface area contributed by atoms with Crippen molar-refractivity contribution in [1.82, 2.24) is 4.90 Å². The van der Waals surface area contributed by atoms with Crippen LogP contribution in [0.4, 0.5) is 0 Å². The molecule has 1 aliphatic rings. The van der Waals surface area contributed by atoms with E-state index in [1.54, 1.807) is 4.90 Å². The molecule has 2 N–H and O–H groups in total. The van der Waals surface area contributed by atoms with Crippen molar-refractivity contribution in [1.29, 1.82) is 0 Å². The first kappa shape index (κ1) is 15.6. The third-order valence-electron chi connectivity index (χ3n) is 3.69. The zero-order valence-electron chi connectivity index (χ0n) is 12.7. The summed E-state index contributed by atoms with van der Waals surface area (Å²) in [7, 11) is 0. The van der Waals surface area contributed by atoms with Crippen LogP contribution >= 0.6 is 0 Å². The van der Waals surface area contributed by atoms with Gasteiger partial charge in [-0.3, -0.25) is 4.79 Å². The Bertz CT molecular complexity index is 478. The molecule has 1 heterocycles. The van der Waals surface area contributed by atoms with Gasteiger partial charge in [0.15, 0.2) is 17.6 Å². The average Bonchev–Trinajstić information content (AvgIpc) is 2.52. The molecule has 1 aromatic rings. The number of amides is 1. The Kier molecular flexibility index (Phi) is 5.44. The third-order valence-corrected chi connectivity index (χ3v) is 3.69. The number of benzene rings is 1. The van der Waals surface area contributed by atoms with Gasteiger partial charge < -0.3 is 20.1 Å². The largest absolute Gasteiger partial charge is 0.486 e. The number of hydrogen-bond donors (Lipinski definition) is 1. The van der Waals surface area contributed by atoms with Crippen LogP contribution in [0.2, 0.25) is 0 Å². The quantitative estimate of drug-likeness (QED) is 0.868. The van der Waals surface area contributed by atoms with Crippen LogP contribution in [0.25, 0.3) is 0 Å². The summed E-state index contributed by atoms with van der Waals surface area (Å²) in [5.41, 5.74) is 5.86. The maximum absolute atomic E-state index is 12.2. The van der Waals surface area contributed by atoms with E-state index in [4.69, 9.17) is 15.2 Å². The van der Waals surface area contributed by atoms with Crippen LogP contribution in [-0.2, 0) is 4.79 Å². The summed E-state index contributed by atoms with van der Waals surface area (Å²) in [6.07, 6.45) is 1.05. The minimum absolute atomic E-state index is 0.0733. The Labute approximate surface area is 126 Å². The molecule has 0 spiro atoms. The molecule has 0 radical (unpaired) electrons. The van der Waals surface area contributed by atoms with E-state index in [0.717, 1.165) is 17.9 Å². The predicted molar refractivity (Wildman–Crippen MR) is 81.5 cm³/mol. The van der Waals surface area contributed by atoms with Crippen molar-refractivity contribution in [3.63, 3.8) is 0 Å². The first-order chi connectivity index (χ1) is 10.1. The second kappa shape index (κ2) is 7.31. The van der Waals surface area contributed by atoms with Crippen LogP contribution in [0.15, 0.2) is 24.3 Å².